The van der Waals surface area contributed by atoms with E-state index >= 15 is 0 Å². The molecule has 0 aromatic rings. The molecule has 1 saturated carbocycles. The zero-order valence-corrected chi connectivity index (χ0v) is 7.96. The minimum Gasteiger partial charge on any atom is -0.393 e. The molecule has 1 aliphatic carbocycles. The molecule has 2 nitrogen and oxygen atoms in total. The van der Waals surface area contributed by atoms with Crippen molar-refractivity contribution in [3.05, 3.63) is 0 Å². The molecule has 1 atom stereocenters. The molecule has 1 N–H and O–H groups in total. The average molecular weight is 172 g/mol. The highest BCUT2D eigenvalue weighted by atomic mass is 16.5. The van der Waals surface area contributed by atoms with E-state index in [0.29, 0.717) is 6.61 Å². The van der Waals surface area contributed by atoms with Gasteiger partial charge in [0.05, 0.1) is 6.10 Å². The summed E-state index contributed by atoms with van der Waals surface area (Å²) in [6.07, 6.45) is 6.00. The Morgan fingerprint density at radius 3 is 2.67 bits per heavy atom. The van der Waals surface area contributed by atoms with Gasteiger partial charge in [0.25, 0.3) is 0 Å². The second kappa shape index (κ2) is 5.55. The molecule has 1 fully saturated rings. The molecule has 0 radical (unpaired) electrons. The Morgan fingerprint density at radius 1 is 1.42 bits per heavy atom. The van der Waals surface area contributed by atoms with Crippen molar-refractivity contribution >= 4 is 0 Å². The van der Waals surface area contributed by atoms with Gasteiger partial charge in [0.15, 0.2) is 0 Å². The lowest BCUT2D eigenvalue weighted by Gasteiger charge is -2.24. The van der Waals surface area contributed by atoms with Crippen LogP contribution >= 0.6 is 0 Å². The number of rotatable bonds is 6. The Bertz CT molecular complexity index is 108. The van der Waals surface area contributed by atoms with Gasteiger partial charge in [-0.25, -0.2) is 0 Å². The maximum absolute atomic E-state index is 8.94. The molecule has 2 heteroatoms. The highest BCUT2D eigenvalue weighted by Crippen LogP contribution is 2.29. The van der Waals surface area contributed by atoms with Crippen molar-refractivity contribution in [2.45, 2.75) is 45.1 Å². The van der Waals surface area contributed by atoms with Crippen LogP contribution in [0.15, 0.2) is 0 Å². The zero-order chi connectivity index (χ0) is 8.81. The van der Waals surface area contributed by atoms with E-state index in [1.165, 1.54) is 25.7 Å². The van der Waals surface area contributed by atoms with Gasteiger partial charge in [0, 0.05) is 13.2 Å². The van der Waals surface area contributed by atoms with Gasteiger partial charge in [0.2, 0.25) is 0 Å². The quantitative estimate of drug-likeness (QED) is 0.621. The smallest absolute Gasteiger partial charge is 0.0534 e. The molecular formula is C10H20O2. The molecule has 12 heavy (non-hydrogen) atoms. The summed E-state index contributed by atoms with van der Waals surface area (Å²) < 4.78 is 5.39. The SMILES string of the molecule is CC(O)CCOCCC1CCC1. The van der Waals surface area contributed by atoms with Crippen LogP contribution in [0.25, 0.3) is 0 Å². The van der Waals surface area contributed by atoms with Crippen molar-refractivity contribution in [1.29, 1.82) is 0 Å². The van der Waals surface area contributed by atoms with Gasteiger partial charge >= 0.3 is 0 Å². The number of ether oxygens (including phenoxy) is 1. The third-order valence-electron chi connectivity index (χ3n) is 2.58. The van der Waals surface area contributed by atoms with Crippen LogP contribution in [0, 0.1) is 5.92 Å². The first-order chi connectivity index (χ1) is 5.79. The van der Waals surface area contributed by atoms with Crippen LogP contribution in [-0.2, 0) is 4.74 Å². The molecule has 0 aromatic heterocycles. The lowest BCUT2D eigenvalue weighted by atomic mass is 9.83. The van der Waals surface area contributed by atoms with Crippen LogP contribution < -0.4 is 0 Å². The molecule has 0 bridgehead atoms. The Labute approximate surface area is 74.9 Å². The fourth-order valence-electron chi connectivity index (χ4n) is 1.39. The maximum atomic E-state index is 8.94. The van der Waals surface area contributed by atoms with Gasteiger partial charge in [0.1, 0.15) is 0 Å². The van der Waals surface area contributed by atoms with Crippen molar-refractivity contribution in [3.8, 4) is 0 Å². The predicted octanol–water partition coefficient (Wildman–Crippen LogP) is 1.96. The number of aliphatic hydroxyl groups excluding tert-OH is 1. The first-order valence-corrected chi connectivity index (χ1v) is 5.05. The number of hydrogen-bond acceptors (Lipinski definition) is 2. The summed E-state index contributed by atoms with van der Waals surface area (Å²) in [6, 6.07) is 0. The van der Waals surface area contributed by atoms with Gasteiger partial charge in [-0.05, 0) is 25.7 Å². The third kappa shape index (κ3) is 4.07. The number of aliphatic hydroxyl groups is 1. The monoisotopic (exact) mass is 172 g/mol. The van der Waals surface area contributed by atoms with Crippen molar-refractivity contribution < 1.29 is 9.84 Å². The van der Waals surface area contributed by atoms with Crippen molar-refractivity contribution in [2.75, 3.05) is 13.2 Å². The molecule has 0 amide bonds. The molecule has 0 heterocycles. The van der Waals surface area contributed by atoms with E-state index < -0.39 is 0 Å². The second-order valence-corrected chi connectivity index (χ2v) is 3.84. The highest BCUT2D eigenvalue weighted by Gasteiger charge is 2.16. The summed E-state index contributed by atoms with van der Waals surface area (Å²) in [5.74, 6) is 0.941. The van der Waals surface area contributed by atoms with Crippen LogP contribution in [-0.4, -0.2) is 24.4 Å². The second-order valence-electron chi connectivity index (χ2n) is 3.84. The van der Waals surface area contributed by atoms with E-state index in [-0.39, 0.29) is 6.10 Å². The van der Waals surface area contributed by atoms with Gasteiger partial charge in [-0.3, -0.25) is 0 Å². The lowest BCUT2D eigenvalue weighted by molar-refractivity contribution is 0.0746. The van der Waals surface area contributed by atoms with E-state index in [9.17, 15) is 0 Å². The van der Waals surface area contributed by atoms with Gasteiger partial charge < -0.3 is 9.84 Å². The van der Waals surface area contributed by atoms with E-state index in [0.717, 1.165) is 18.9 Å². The molecule has 0 aromatic carbocycles. The molecular weight excluding hydrogens is 152 g/mol. The van der Waals surface area contributed by atoms with Crippen LogP contribution in [0.3, 0.4) is 0 Å². The van der Waals surface area contributed by atoms with Crippen LogP contribution in [0.2, 0.25) is 0 Å². The molecule has 1 rings (SSSR count). The fraction of sp³-hybridized carbons (Fsp3) is 1.00. The van der Waals surface area contributed by atoms with Crippen molar-refractivity contribution in [2.24, 2.45) is 5.92 Å². The Morgan fingerprint density at radius 2 is 2.17 bits per heavy atom. The molecule has 1 unspecified atom stereocenters. The summed E-state index contributed by atoms with van der Waals surface area (Å²) in [4.78, 5) is 0. The fourth-order valence-corrected chi connectivity index (χ4v) is 1.39. The van der Waals surface area contributed by atoms with Crippen LogP contribution in [0.5, 0.6) is 0 Å². The minimum atomic E-state index is -0.214. The van der Waals surface area contributed by atoms with Crippen LogP contribution in [0.1, 0.15) is 39.0 Å². The largest absolute Gasteiger partial charge is 0.393 e. The minimum absolute atomic E-state index is 0.214. The van der Waals surface area contributed by atoms with Gasteiger partial charge in [-0.15, -0.1) is 0 Å². The topological polar surface area (TPSA) is 29.5 Å². The molecule has 1 aliphatic rings. The lowest BCUT2D eigenvalue weighted by Crippen LogP contribution is -2.14. The van der Waals surface area contributed by atoms with Gasteiger partial charge in [-0.1, -0.05) is 19.3 Å². The zero-order valence-electron chi connectivity index (χ0n) is 7.96. The Balaban J connectivity index is 1.76. The summed E-state index contributed by atoms with van der Waals surface area (Å²) >= 11 is 0. The summed E-state index contributed by atoms with van der Waals surface area (Å²) in [5, 5.41) is 8.94. The molecule has 0 spiro atoms. The van der Waals surface area contributed by atoms with E-state index in [1.54, 1.807) is 6.92 Å². The number of hydrogen-bond donors (Lipinski definition) is 1. The highest BCUT2D eigenvalue weighted by molar-refractivity contribution is 4.68. The van der Waals surface area contributed by atoms with Crippen LogP contribution in [0.4, 0.5) is 0 Å². The maximum Gasteiger partial charge on any atom is 0.0534 e. The van der Waals surface area contributed by atoms with Crippen molar-refractivity contribution in [3.63, 3.8) is 0 Å². The first kappa shape index (κ1) is 10.0. The predicted molar refractivity (Wildman–Crippen MR) is 49.1 cm³/mol. The standard InChI is InChI=1S/C10H20O2/c1-9(11)5-7-12-8-6-10-3-2-4-10/h9-11H,2-8H2,1H3. The van der Waals surface area contributed by atoms with Crippen molar-refractivity contribution in [1.82, 2.24) is 0 Å². The summed E-state index contributed by atoms with van der Waals surface area (Å²) in [5.41, 5.74) is 0. The van der Waals surface area contributed by atoms with E-state index in [2.05, 4.69) is 0 Å². The van der Waals surface area contributed by atoms with E-state index in [4.69, 9.17) is 9.84 Å². The summed E-state index contributed by atoms with van der Waals surface area (Å²) in [7, 11) is 0. The molecule has 0 saturated heterocycles. The first-order valence-electron chi connectivity index (χ1n) is 5.05. The third-order valence-corrected chi connectivity index (χ3v) is 2.58. The average Bonchev–Trinajstić information content (AvgIpc) is 1.92. The van der Waals surface area contributed by atoms with Gasteiger partial charge in [-0.2, -0.15) is 0 Å². The molecule has 72 valence electrons. The Kier molecular flexibility index (Phi) is 4.62. The molecule has 0 aliphatic heterocycles. The summed E-state index contributed by atoms with van der Waals surface area (Å²) in [6.45, 7) is 3.40. The Hall–Kier alpha value is -0.0800. The normalized spacial score (nSPS) is 20.5. The van der Waals surface area contributed by atoms with E-state index in [1.807, 2.05) is 0 Å².